The first-order chi connectivity index (χ1) is 5.18. The number of carbonyl (C=O) groups is 1. The lowest BCUT2D eigenvalue weighted by Crippen LogP contribution is -1.92. The summed E-state index contributed by atoms with van der Waals surface area (Å²) in [5.41, 5.74) is 0. The summed E-state index contributed by atoms with van der Waals surface area (Å²) in [5.74, 6) is -0.743. The first kappa shape index (κ1) is 7.39. The maximum atomic E-state index is 10.0. The molecule has 1 aromatic rings. The predicted molar refractivity (Wildman–Crippen MR) is 35.5 cm³/mol. The average molecular weight is 154 g/mol. The summed E-state index contributed by atoms with van der Waals surface area (Å²) in [6.07, 6.45) is 2.23. The van der Waals surface area contributed by atoms with Crippen LogP contribution in [0.4, 0.5) is 0 Å². The van der Waals surface area contributed by atoms with Gasteiger partial charge >= 0.3 is 5.97 Å². The Morgan fingerprint density at radius 1 is 1.73 bits per heavy atom. The number of nitrogens with zero attached hydrogens (tertiary/aromatic N) is 4. The fraction of sp³-hybridized carbons (Fsp3) is 0.200. The monoisotopic (exact) mass is 154 g/mol. The Balaban J connectivity index is 2.71. The second kappa shape index (κ2) is 2.91. The number of tetrazole rings is 1. The van der Waals surface area contributed by atoms with Crippen LogP contribution in [0.15, 0.2) is 6.08 Å². The Labute approximate surface area is 62.1 Å². The minimum absolute atomic E-state index is 0.287. The van der Waals surface area contributed by atoms with Crippen LogP contribution in [0.1, 0.15) is 5.82 Å². The van der Waals surface area contributed by atoms with Crippen molar-refractivity contribution >= 4 is 12.0 Å². The molecule has 0 bridgehead atoms. The van der Waals surface area contributed by atoms with Crippen molar-refractivity contribution in [1.29, 1.82) is 0 Å². The molecule has 0 aliphatic rings. The summed E-state index contributed by atoms with van der Waals surface area (Å²) in [6.45, 7) is 0. The zero-order valence-electron chi connectivity index (χ0n) is 5.80. The largest absolute Gasteiger partial charge is 0.478 e. The van der Waals surface area contributed by atoms with E-state index in [0.29, 0.717) is 0 Å². The smallest absolute Gasteiger partial charge is 0.328 e. The molecule has 6 nitrogen and oxygen atoms in total. The van der Waals surface area contributed by atoms with Gasteiger partial charge in [0.25, 0.3) is 0 Å². The van der Waals surface area contributed by atoms with Gasteiger partial charge in [-0.15, -0.1) is 10.2 Å². The highest BCUT2D eigenvalue weighted by Gasteiger charge is 1.94. The Kier molecular flexibility index (Phi) is 1.95. The first-order valence-electron chi connectivity index (χ1n) is 2.83. The lowest BCUT2D eigenvalue weighted by molar-refractivity contribution is -0.131. The Morgan fingerprint density at radius 3 is 2.91 bits per heavy atom. The van der Waals surface area contributed by atoms with Gasteiger partial charge in [-0.1, -0.05) is 0 Å². The van der Waals surface area contributed by atoms with E-state index in [2.05, 4.69) is 15.4 Å². The van der Waals surface area contributed by atoms with E-state index in [9.17, 15) is 4.79 Å². The van der Waals surface area contributed by atoms with E-state index in [1.165, 1.54) is 10.9 Å². The third kappa shape index (κ3) is 2.17. The van der Waals surface area contributed by atoms with E-state index >= 15 is 0 Å². The van der Waals surface area contributed by atoms with E-state index < -0.39 is 5.97 Å². The van der Waals surface area contributed by atoms with Crippen molar-refractivity contribution in [2.45, 2.75) is 0 Å². The highest BCUT2D eigenvalue weighted by molar-refractivity contribution is 5.84. The fourth-order valence-corrected chi connectivity index (χ4v) is 0.511. The van der Waals surface area contributed by atoms with Gasteiger partial charge in [0, 0.05) is 6.08 Å². The summed E-state index contributed by atoms with van der Waals surface area (Å²) in [6, 6.07) is 0. The third-order valence-corrected chi connectivity index (χ3v) is 0.899. The van der Waals surface area contributed by atoms with Crippen LogP contribution in [0.3, 0.4) is 0 Å². The van der Waals surface area contributed by atoms with Crippen molar-refractivity contribution in [3.63, 3.8) is 0 Å². The highest BCUT2D eigenvalue weighted by Crippen LogP contribution is 1.88. The maximum absolute atomic E-state index is 10.0. The third-order valence-electron chi connectivity index (χ3n) is 0.899. The molecule has 0 atom stereocenters. The summed E-state index contributed by atoms with van der Waals surface area (Å²) in [7, 11) is 1.60. The van der Waals surface area contributed by atoms with Gasteiger partial charge in [-0.05, 0) is 11.3 Å². The number of aliphatic carboxylic acids is 1. The Bertz CT molecular complexity index is 290. The van der Waals surface area contributed by atoms with Crippen molar-refractivity contribution in [3.05, 3.63) is 11.9 Å². The van der Waals surface area contributed by atoms with Crippen LogP contribution in [-0.4, -0.2) is 31.3 Å². The molecule has 0 fully saturated rings. The summed E-state index contributed by atoms with van der Waals surface area (Å²) in [5, 5.41) is 19.0. The van der Waals surface area contributed by atoms with Crippen molar-refractivity contribution in [3.8, 4) is 0 Å². The molecule has 0 saturated carbocycles. The quantitative estimate of drug-likeness (QED) is 0.570. The molecule has 1 aromatic heterocycles. The number of aryl methyl sites for hydroxylation is 1. The molecule has 0 aliphatic carbocycles. The minimum atomic E-state index is -1.03. The molecule has 0 aromatic carbocycles. The standard InChI is InChI=1S/C5H6N4O2/c1-9-7-4(6-8-9)2-3-5(10)11/h2-3H,1H3,(H,10,11). The van der Waals surface area contributed by atoms with Crippen molar-refractivity contribution in [2.75, 3.05) is 0 Å². The molecule has 1 rings (SSSR count). The van der Waals surface area contributed by atoms with Crippen molar-refractivity contribution in [2.24, 2.45) is 7.05 Å². The SMILES string of the molecule is Cn1nnc(C=CC(=O)O)n1. The van der Waals surface area contributed by atoms with Crippen LogP contribution >= 0.6 is 0 Å². The summed E-state index contributed by atoms with van der Waals surface area (Å²) < 4.78 is 0. The van der Waals surface area contributed by atoms with Crippen LogP contribution in [-0.2, 0) is 11.8 Å². The number of hydrogen-bond acceptors (Lipinski definition) is 4. The Morgan fingerprint density at radius 2 is 2.45 bits per heavy atom. The van der Waals surface area contributed by atoms with Gasteiger partial charge in [0.15, 0.2) is 5.82 Å². The van der Waals surface area contributed by atoms with Gasteiger partial charge in [-0.2, -0.15) is 4.80 Å². The number of rotatable bonds is 2. The second-order valence-electron chi connectivity index (χ2n) is 1.81. The fourth-order valence-electron chi connectivity index (χ4n) is 0.511. The van der Waals surface area contributed by atoms with Gasteiger partial charge in [0.05, 0.1) is 7.05 Å². The van der Waals surface area contributed by atoms with Crippen LogP contribution < -0.4 is 0 Å². The van der Waals surface area contributed by atoms with Gasteiger partial charge in [0.2, 0.25) is 0 Å². The molecule has 1 heterocycles. The molecular weight excluding hydrogens is 148 g/mol. The number of carboxylic acid groups (broad SMARTS) is 1. The first-order valence-corrected chi connectivity index (χ1v) is 2.83. The molecule has 11 heavy (non-hydrogen) atoms. The molecular formula is C5H6N4O2. The second-order valence-corrected chi connectivity index (χ2v) is 1.81. The van der Waals surface area contributed by atoms with Gasteiger partial charge < -0.3 is 5.11 Å². The van der Waals surface area contributed by atoms with E-state index in [0.717, 1.165) is 6.08 Å². The van der Waals surface area contributed by atoms with Gasteiger partial charge in [-0.25, -0.2) is 4.79 Å². The zero-order valence-corrected chi connectivity index (χ0v) is 5.80. The minimum Gasteiger partial charge on any atom is -0.478 e. The number of aromatic nitrogens is 4. The zero-order chi connectivity index (χ0) is 8.27. The molecule has 0 spiro atoms. The van der Waals surface area contributed by atoms with Crippen LogP contribution in [0, 0.1) is 0 Å². The van der Waals surface area contributed by atoms with Crippen LogP contribution in [0.2, 0.25) is 0 Å². The van der Waals surface area contributed by atoms with Gasteiger partial charge in [-0.3, -0.25) is 0 Å². The van der Waals surface area contributed by atoms with Crippen LogP contribution in [0.5, 0.6) is 0 Å². The normalized spacial score (nSPS) is 10.6. The lowest BCUT2D eigenvalue weighted by atomic mass is 10.5. The molecule has 0 saturated heterocycles. The number of carboxylic acids is 1. The molecule has 0 unspecified atom stereocenters. The van der Waals surface area contributed by atoms with E-state index in [4.69, 9.17) is 5.11 Å². The molecule has 6 heteroatoms. The molecule has 0 aliphatic heterocycles. The average Bonchev–Trinajstić information content (AvgIpc) is 2.31. The maximum Gasteiger partial charge on any atom is 0.328 e. The van der Waals surface area contributed by atoms with Crippen molar-refractivity contribution < 1.29 is 9.90 Å². The lowest BCUT2D eigenvalue weighted by Gasteiger charge is -1.77. The number of hydrogen-bond donors (Lipinski definition) is 1. The van der Waals surface area contributed by atoms with E-state index in [1.807, 2.05) is 0 Å². The van der Waals surface area contributed by atoms with Crippen LogP contribution in [0.25, 0.3) is 6.08 Å². The summed E-state index contributed by atoms with van der Waals surface area (Å²) >= 11 is 0. The molecule has 58 valence electrons. The van der Waals surface area contributed by atoms with E-state index in [-0.39, 0.29) is 5.82 Å². The van der Waals surface area contributed by atoms with Gasteiger partial charge in [0.1, 0.15) is 0 Å². The molecule has 0 radical (unpaired) electrons. The van der Waals surface area contributed by atoms with Crippen molar-refractivity contribution in [1.82, 2.24) is 20.2 Å². The molecule has 0 amide bonds. The Hall–Kier alpha value is -1.72. The molecule has 1 N–H and O–H groups in total. The topological polar surface area (TPSA) is 80.9 Å². The highest BCUT2D eigenvalue weighted by atomic mass is 16.4. The predicted octanol–water partition coefficient (Wildman–Crippen LogP) is -0.692. The van der Waals surface area contributed by atoms with E-state index in [1.54, 1.807) is 7.05 Å². The summed E-state index contributed by atoms with van der Waals surface area (Å²) in [4.78, 5) is 11.3.